The number of aromatic nitrogens is 1. The van der Waals surface area contributed by atoms with Crippen LogP contribution in [0.2, 0.25) is 0 Å². The van der Waals surface area contributed by atoms with Gasteiger partial charge < -0.3 is 19.9 Å². The van der Waals surface area contributed by atoms with Gasteiger partial charge in [0, 0.05) is 32.2 Å². The summed E-state index contributed by atoms with van der Waals surface area (Å²) in [5, 5.41) is 12.6. The van der Waals surface area contributed by atoms with E-state index in [0.29, 0.717) is 26.2 Å². The molecule has 1 amide bonds. The van der Waals surface area contributed by atoms with Crippen LogP contribution in [0.15, 0.2) is 29.8 Å². The molecule has 1 fully saturated rings. The smallest absolute Gasteiger partial charge is 0.363 e. The molecule has 0 aliphatic carbocycles. The number of pyridine rings is 1. The third kappa shape index (κ3) is 3.16. The Hall–Kier alpha value is -2.48. The number of nitrogens with zero attached hydrogens (tertiary/aromatic N) is 4. The highest BCUT2D eigenvalue weighted by atomic mass is 32.1. The molecule has 7 nitrogen and oxygen atoms in total. The van der Waals surface area contributed by atoms with Gasteiger partial charge in [-0.3, -0.25) is 4.79 Å². The summed E-state index contributed by atoms with van der Waals surface area (Å²) >= 11 is 1.47. The molecule has 0 unspecified atom stereocenters. The van der Waals surface area contributed by atoms with Crippen molar-refractivity contribution in [2.45, 2.75) is 6.92 Å². The monoisotopic (exact) mass is 332 g/mol. The van der Waals surface area contributed by atoms with Crippen LogP contribution in [-0.4, -0.2) is 46.9 Å². The van der Waals surface area contributed by atoms with Crippen LogP contribution in [0.3, 0.4) is 0 Å². The van der Waals surface area contributed by atoms with Gasteiger partial charge in [-0.25, -0.2) is 0 Å². The molecule has 23 heavy (non-hydrogen) atoms. The first-order valence-corrected chi connectivity index (χ1v) is 8.13. The number of thiophene rings is 1. The van der Waals surface area contributed by atoms with E-state index < -0.39 is 4.92 Å². The molecule has 3 heterocycles. The molecule has 0 saturated carbocycles. The number of hydrogen-bond donors (Lipinski definition) is 0. The fourth-order valence-electron chi connectivity index (χ4n) is 2.58. The highest BCUT2D eigenvalue weighted by Crippen LogP contribution is 2.21. The Bertz CT molecular complexity index is 721. The molecule has 3 rings (SSSR count). The van der Waals surface area contributed by atoms with Crippen molar-refractivity contribution < 1.29 is 9.72 Å². The van der Waals surface area contributed by atoms with Crippen LogP contribution in [0.5, 0.6) is 0 Å². The summed E-state index contributed by atoms with van der Waals surface area (Å²) < 4.78 is 0. The molecule has 0 radical (unpaired) electrons. The molecule has 1 saturated heterocycles. The third-order valence-corrected chi connectivity index (χ3v) is 4.91. The van der Waals surface area contributed by atoms with Gasteiger partial charge in [0.1, 0.15) is 0 Å². The fourth-order valence-corrected chi connectivity index (χ4v) is 3.47. The first-order valence-electron chi connectivity index (χ1n) is 7.25. The zero-order chi connectivity index (χ0) is 16.4. The second kappa shape index (κ2) is 6.33. The molecule has 120 valence electrons. The van der Waals surface area contributed by atoms with Gasteiger partial charge in [-0.1, -0.05) is 0 Å². The van der Waals surface area contributed by atoms with Gasteiger partial charge in [0.25, 0.3) is 5.91 Å². The van der Waals surface area contributed by atoms with Crippen molar-refractivity contribution in [1.29, 1.82) is 0 Å². The molecule has 1 aliphatic heterocycles. The SMILES string of the molecule is Cc1ccsc1C(=O)N1CCN(c2ccc([N+](=O)[O-])nc2)CC1. The highest BCUT2D eigenvalue weighted by Gasteiger charge is 2.24. The van der Waals surface area contributed by atoms with E-state index in [9.17, 15) is 14.9 Å². The lowest BCUT2D eigenvalue weighted by molar-refractivity contribution is -0.389. The largest absolute Gasteiger partial charge is 0.365 e. The van der Waals surface area contributed by atoms with E-state index in [1.54, 1.807) is 6.07 Å². The minimum absolute atomic E-state index is 0.0824. The van der Waals surface area contributed by atoms with E-state index >= 15 is 0 Å². The summed E-state index contributed by atoms with van der Waals surface area (Å²) in [6.45, 7) is 4.59. The van der Waals surface area contributed by atoms with Gasteiger partial charge in [0.2, 0.25) is 0 Å². The third-order valence-electron chi connectivity index (χ3n) is 3.91. The molecule has 2 aromatic heterocycles. The first kappa shape index (κ1) is 15.4. The molecule has 0 spiro atoms. The van der Waals surface area contributed by atoms with Crippen LogP contribution in [0.4, 0.5) is 11.5 Å². The van der Waals surface area contributed by atoms with Gasteiger partial charge in [0.15, 0.2) is 6.20 Å². The Balaban J connectivity index is 1.63. The van der Waals surface area contributed by atoms with Crippen LogP contribution < -0.4 is 4.90 Å². The number of aryl methyl sites for hydroxylation is 1. The highest BCUT2D eigenvalue weighted by molar-refractivity contribution is 7.12. The Labute approximate surface area is 137 Å². The van der Waals surface area contributed by atoms with E-state index in [0.717, 1.165) is 16.1 Å². The quantitative estimate of drug-likeness (QED) is 0.636. The Morgan fingerprint density at radius 2 is 2.00 bits per heavy atom. The predicted molar refractivity (Wildman–Crippen MR) is 88.1 cm³/mol. The lowest BCUT2D eigenvalue weighted by atomic mass is 10.2. The van der Waals surface area contributed by atoms with Gasteiger partial charge >= 0.3 is 5.82 Å². The molecular formula is C15H16N4O3S. The van der Waals surface area contributed by atoms with E-state index in [2.05, 4.69) is 9.88 Å². The van der Waals surface area contributed by atoms with Crippen LogP contribution in [0, 0.1) is 17.0 Å². The molecular weight excluding hydrogens is 316 g/mol. The van der Waals surface area contributed by atoms with Gasteiger partial charge in [-0.2, -0.15) is 0 Å². The van der Waals surface area contributed by atoms with Gasteiger partial charge in [0.05, 0.1) is 10.6 Å². The number of carbonyl (C=O) groups is 1. The van der Waals surface area contributed by atoms with Crippen LogP contribution in [-0.2, 0) is 0 Å². The van der Waals surface area contributed by atoms with Crippen molar-refractivity contribution in [2.75, 3.05) is 31.1 Å². The Morgan fingerprint density at radius 1 is 1.26 bits per heavy atom. The minimum Gasteiger partial charge on any atom is -0.365 e. The van der Waals surface area contributed by atoms with Crippen molar-refractivity contribution in [2.24, 2.45) is 0 Å². The van der Waals surface area contributed by atoms with Crippen molar-refractivity contribution in [3.05, 3.63) is 50.3 Å². The number of piperazine rings is 1. The van der Waals surface area contributed by atoms with Crippen LogP contribution in [0.1, 0.15) is 15.2 Å². The lowest BCUT2D eigenvalue weighted by Gasteiger charge is -2.35. The topological polar surface area (TPSA) is 79.6 Å². The molecule has 0 aromatic carbocycles. The fraction of sp³-hybridized carbons (Fsp3) is 0.333. The molecule has 1 aliphatic rings. The Morgan fingerprint density at radius 3 is 2.52 bits per heavy atom. The molecule has 8 heteroatoms. The summed E-state index contributed by atoms with van der Waals surface area (Å²) in [4.78, 5) is 31.2. The minimum atomic E-state index is -0.510. The number of carbonyl (C=O) groups excluding carboxylic acids is 1. The maximum absolute atomic E-state index is 12.5. The lowest BCUT2D eigenvalue weighted by Crippen LogP contribution is -2.48. The van der Waals surface area contributed by atoms with E-state index in [-0.39, 0.29) is 11.7 Å². The number of nitro groups is 1. The van der Waals surface area contributed by atoms with E-state index in [4.69, 9.17) is 0 Å². The summed E-state index contributed by atoms with van der Waals surface area (Å²) in [5.41, 5.74) is 1.86. The van der Waals surface area contributed by atoms with Crippen molar-refractivity contribution >= 4 is 28.7 Å². The maximum Gasteiger partial charge on any atom is 0.363 e. The summed E-state index contributed by atoms with van der Waals surface area (Å²) in [5.74, 6) is -0.0743. The number of amides is 1. The Kier molecular flexibility index (Phi) is 4.24. The standard InChI is InChI=1S/C15H16N4O3S/c1-11-4-9-23-14(11)15(20)18-7-5-17(6-8-18)12-2-3-13(16-10-12)19(21)22/h2-4,9-10H,5-8H2,1H3. The van der Waals surface area contributed by atoms with Crippen LogP contribution >= 0.6 is 11.3 Å². The van der Waals surface area contributed by atoms with E-state index in [1.165, 1.54) is 23.6 Å². The average Bonchev–Trinajstić information content (AvgIpc) is 3.00. The van der Waals surface area contributed by atoms with Crippen molar-refractivity contribution in [3.63, 3.8) is 0 Å². The molecule has 2 aromatic rings. The van der Waals surface area contributed by atoms with E-state index in [1.807, 2.05) is 23.3 Å². The van der Waals surface area contributed by atoms with Crippen LogP contribution in [0.25, 0.3) is 0 Å². The van der Waals surface area contributed by atoms with Gasteiger partial charge in [-0.15, -0.1) is 11.3 Å². The zero-order valence-electron chi connectivity index (χ0n) is 12.6. The second-order valence-electron chi connectivity index (χ2n) is 5.34. The zero-order valence-corrected chi connectivity index (χ0v) is 13.5. The summed E-state index contributed by atoms with van der Waals surface area (Å²) in [6.07, 6.45) is 1.51. The summed E-state index contributed by atoms with van der Waals surface area (Å²) in [7, 11) is 0. The van der Waals surface area contributed by atoms with Gasteiger partial charge in [-0.05, 0) is 39.9 Å². The molecule has 0 N–H and O–H groups in total. The number of hydrogen-bond acceptors (Lipinski definition) is 6. The number of rotatable bonds is 3. The first-order chi connectivity index (χ1) is 11.1. The number of anilines is 1. The summed E-state index contributed by atoms with van der Waals surface area (Å²) in [6, 6.07) is 5.06. The normalized spacial score (nSPS) is 14.8. The molecule has 0 atom stereocenters. The van der Waals surface area contributed by atoms with Crippen molar-refractivity contribution in [3.8, 4) is 0 Å². The second-order valence-corrected chi connectivity index (χ2v) is 6.26. The molecule has 0 bridgehead atoms. The predicted octanol–water partition coefficient (Wildman–Crippen LogP) is 2.32. The maximum atomic E-state index is 12.5. The average molecular weight is 332 g/mol. The van der Waals surface area contributed by atoms with Crippen molar-refractivity contribution in [1.82, 2.24) is 9.88 Å².